The molecule has 536 valence electrons. The number of ether oxygens (including phenoxy) is 13. The first kappa shape index (κ1) is 76.5. The van der Waals surface area contributed by atoms with E-state index >= 15 is 0 Å². The molecule has 0 aliphatic carbocycles. The summed E-state index contributed by atoms with van der Waals surface area (Å²) >= 11 is 0. The van der Waals surface area contributed by atoms with Crippen molar-refractivity contribution in [3.05, 3.63) is 0 Å². The third-order valence-corrected chi connectivity index (χ3v) is 16.5. The van der Waals surface area contributed by atoms with Crippen molar-refractivity contribution >= 4 is 29.5 Å². The zero-order chi connectivity index (χ0) is 68.8. The Bertz CT molecular complexity index is 2440. The van der Waals surface area contributed by atoms with Gasteiger partial charge < -0.3 is 180 Å². The van der Waals surface area contributed by atoms with Crippen LogP contribution in [0.1, 0.15) is 34.6 Å². The van der Waals surface area contributed by atoms with Crippen molar-refractivity contribution in [2.45, 2.75) is 249 Å². The quantitative estimate of drug-likeness (QED) is 0.0427. The van der Waals surface area contributed by atoms with Gasteiger partial charge in [0.25, 0.3) is 0 Å². The Balaban J connectivity index is 1.08. The van der Waals surface area contributed by atoms with Crippen LogP contribution in [-0.2, 0) is 85.6 Å². The lowest BCUT2D eigenvalue weighted by Gasteiger charge is -2.50. The van der Waals surface area contributed by atoms with Gasteiger partial charge in [0.1, 0.15) is 171 Å². The van der Waals surface area contributed by atoms with Gasteiger partial charge in [0, 0.05) is 34.6 Å². The maximum atomic E-state index is 12.7. The number of nitrogens with one attached hydrogen (secondary N) is 5. The molecule has 0 aromatic heterocycles. The Kier molecular flexibility index (Phi) is 27.6. The van der Waals surface area contributed by atoms with Gasteiger partial charge in [-0.25, -0.2) is 0 Å². The highest BCUT2D eigenvalue weighted by Crippen LogP contribution is 2.37. The fourth-order valence-corrected chi connectivity index (χ4v) is 11.9. The van der Waals surface area contributed by atoms with Gasteiger partial charge in [0.15, 0.2) is 44.0 Å². The molecule has 7 saturated heterocycles. The fourth-order valence-electron chi connectivity index (χ4n) is 11.9. The lowest BCUT2D eigenvalue weighted by Crippen LogP contribution is -2.71. The first-order valence-corrected chi connectivity index (χ1v) is 29.6. The molecular weight excluding hydrogens is 1270 g/mol. The molecule has 41 nitrogen and oxygen atoms in total. The Morgan fingerprint density at radius 2 is 0.548 bits per heavy atom. The van der Waals surface area contributed by atoms with E-state index in [4.69, 9.17) is 61.6 Å². The third kappa shape index (κ3) is 17.5. The van der Waals surface area contributed by atoms with Crippen LogP contribution >= 0.6 is 0 Å². The zero-order valence-corrected chi connectivity index (χ0v) is 50.6. The molecule has 7 heterocycles. The summed E-state index contributed by atoms with van der Waals surface area (Å²) in [4.78, 5) is 62.2. The normalized spacial score (nSPS) is 46.4. The van der Waals surface area contributed by atoms with Gasteiger partial charge in [-0.15, -0.1) is 0 Å². The second kappa shape index (κ2) is 33.6. The van der Waals surface area contributed by atoms with Crippen LogP contribution in [0.2, 0.25) is 0 Å². The summed E-state index contributed by atoms with van der Waals surface area (Å²) in [6, 6.07) is -8.47. The van der Waals surface area contributed by atoms with Gasteiger partial charge in [0.2, 0.25) is 29.5 Å². The molecule has 7 aliphatic heterocycles. The monoisotopic (exact) mass is 1360 g/mol. The summed E-state index contributed by atoms with van der Waals surface area (Å²) in [6.07, 6.45) is -57.0. The molecule has 0 spiro atoms. The Hall–Kier alpha value is -3.89. The number of rotatable bonds is 24. The van der Waals surface area contributed by atoms with E-state index in [-0.39, 0.29) is 0 Å². The van der Waals surface area contributed by atoms with Gasteiger partial charge >= 0.3 is 0 Å². The van der Waals surface area contributed by atoms with Crippen LogP contribution in [-0.4, -0.2) is 382 Å². The molecule has 93 heavy (non-hydrogen) atoms. The Morgan fingerprint density at radius 1 is 0.280 bits per heavy atom. The van der Waals surface area contributed by atoms with Gasteiger partial charge in [-0.2, -0.15) is 0 Å². The molecule has 0 unspecified atom stereocenters. The fraction of sp³-hybridized carbons (Fsp3) is 0.904. The molecule has 0 aromatic rings. The first-order valence-electron chi connectivity index (χ1n) is 29.6. The Labute approximate surface area is 528 Å². The van der Waals surface area contributed by atoms with Gasteiger partial charge in [-0.3, -0.25) is 24.0 Å². The first-order chi connectivity index (χ1) is 43.9. The van der Waals surface area contributed by atoms with Crippen LogP contribution in [0.4, 0.5) is 0 Å². The zero-order valence-electron chi connectivity index (χ0n) is 50.6. The van der Waals surface area contributed by atoms with Gasteiger partial charge in [0.05, 0.1) is 46.2 Å². The maximum Gasteiger partial charge on any atom is 0.217 e. The minimum absolute atomic E-state index is 0.748. The van der Waals surface area contributed by atoms with Crippen LogP contribution < -0.4 is 26.6 Å². The molecule has 35 atom stereocenters. The van der Waals surface area contributed by atoms with Crippen molar-refractivity contribution in [2.75, 3.05) is 46.2 Å². The molecule has 7 rings (SSSR count). The summed E-state index contributed by atoms with van der Waals surface area (Å²) < 4.78 is 75.9. The smallest absolute Gasteiger partial charge is 0.217 e. The SMILES string of the molecule is CC(=O)N[C@@H]1[C@@H](O[C@@H]2O[C@H](CO)[C@H](O)[C@H](O[C@@H]3O[C@H](CO)[C@@H](O[C@@H]4O[C@H](CO)[C@H](O)[C@H](O)[C@H]4NC(C)=O)[C@H](O)[C@H]3NC(C)=O)[C@H]2O)[C@@H](O)[C@@H](CO[C@@H]2O[C@H](CO)[C@@H](O[C@@H]3O[C@H](CO)[C@H](O)[C@H](O[C@@H]4O[C@H](CO)[C@@H](O)[C@H](O)[C@H]4NC(C)=O)[C@H]3O)[C@H](O)[C@H]2NC(C)=O)O[C@@H]1O. The summed E-state index contributed by atoms with van der Waals surface area (Å²) in [5, 5.41) is 210. The lowest BCUT2D eigenvalue weighted by molar-refractivity contribution is -0.375. The average Bonchev–Trinajstić information content (AvgIpc) is 0.809. The van der Waals surface area contributed by atoms with E-state index in [1.54, 1.807) is 0 Å². The predicted molar refractivity (Wildman–Crippen MR) is 290 cm³/mol. The number of aliphatic hydroxyl groups is 18. The van der Waals surface area contributed by atoms with Crippen molar-refractivity contribution in [3.8, 4) is 0 Å². The molecule has 7 aliphatic rings. The van der Waals surface area contributed by atoms with Crippen LogP contribution in [0.25, 0.3) is 0 Å². The highest BCUT2D eigenvalue weighted by molar-refractivity contribution is 5.75. The summed E-state index contributed by atoms with van der Waals surface area (Å²) in [5.41, 5.74) is 0. The summed E-state index contributed by atoms with van der Waals surface area (Å²) in [7, 11) is 0. The number of aliphatic hydroxyl groups excluding tert-OH is 18. The molecule has 41 heteroatoms. The van der Waals surface area contributed by atoms with E-state index in [0.29, 0.717) is 0 Å². The lowest BCUT2D eigenvalue weighted by atomic mass is 9.93. The number of carbonyl (C=O) groups is 5. The molecule has 5 amide bonds. The second-order valence-corrected chi connectivity index (χ2v) is 23.3. The van der Waals surface area contributed by atoms with Gasteiger partial charge in [-0.1, -0.05) is 0 Å². The molecule has 0 aromatic carbocycles. The molecule has 0 radical (unpaired) electrons. The largest absolute Gasteiger partial charge is 0.394 e. The molecule has 0 bridgehead atoms. The van der Waals surface area contributed by atoms with E-state index in [1.165, 1.54) is 0 Å². The van der Waals surface area contributed by atoms with Crippen molar-refractivity contribution in [1.29, 1.82) is 0 Å². The average molecular weight is 1360 g/mol. The van der Waals surface area contributed by atoms with E-state index in [1.807, 2.05) is 0 Å². The number of hydrogen-bond acceptors (Lipinski definition) is 36. The topological polar surface area (TPSA) is 630 Å². The number of hydrogen-bond donors (Lipinski definition) is 23. The maximum absolute atomic E-state index is 12.7. The van der Waals surface area contributed by atoms with Crippen LogP contribution in [0, 0.1) is 0 Å². The van der Waals surface area contributed by atoms with Crippen molar-refractivity contribution in [1.82, 2.24) is 26.6 Å². The third-order valence-electron chi connectivity index (χ3n) is 16.5. The van der Waals surface area contributed by atoms with Crippen LogP contribution in [0.5, 0.6) is 0 Å². The van der Waals surface area contributed by atoms with E-state index in [2.05, 4.69) is 26.6 Å². The second-order valence-electron chi connectivity index (χ2n) is 23.3. The van der Waals surface area contributed by atoms with Crippen molar-refractivity contribution in [3.63, 3.8) is 0 Å². The number of carbonyl (C=O) groups excluding carboxylic acids is 5. The minimum atomic E-state index is -2.28. The van der Waals surface area contributed by atoms with Gasteiger partial charge in [-0.05, 0) is 0 Å². The predicted octanol–water partition coefficient (Wildman–Crippen LogP) is -15.6. The highest BCUT2D eigenvalue weighted by atomic mass is 16.8. The van der Waals surface area contributed by atoms with Crippen LogP contribution in [0.15, 0.2) is 0 Å². The molecule has 0 saturated carbocycles. The molecule has 23 N–H and O–H groups in total. The minimum Gasteiger partial charge on any atom is -0.394 e. The van der Waals surface area contributed by atoms with E-state index in [0.717, 1.165) is 34.6 Å². The highest BCUT2D eigenvalue weighted by Gasteiger charge is 2.59. The van der Waals surface area contributed by atoms with Crippen molar-refractivity contribution < 1.29 is 177 Å². The molecule has 7 fully saturated rings. The van der Waals surface area contributed by atoms with Crippen molar-refractivity contribution in [2.24, 2.45) is 0 Å². The van der Waals surface area contributed by atoms with E-state index in [9.17, 15) is 116 Å². The standard InChI is InChI=1S/C52H87N5O36/c1-13(64)53-25-35(74)30(69)18(6-58)83-48(25)89-41-23(11-63)88-50(28(38(41)77)56-16(4)67)93-45-33(72)21(9-61)86-52(40(45)79)91-43-29(57-17(5)68)46(80)82-24(34(43)73)12-81-47-27(55-15(3)66)37(76)42(22(10-62)87-47)90-51-39(78)44(32(71)20(8-60)85-51)92-49-26(54-14(2)65)36(75)31(70)19(7-59)84-49/h18-52,58-63,69-80H,6-12H2,1-5H3,(H,53,64)(H,54,65)(H,55,66)(H,56,67)(H,57,68)/t18-,19-,20-,21-,22-,23-,24-,25-,26-,27-,28-,29-,30+,31-,32+,33+,34+,35-,36-,37-,38-,39-,40-,41-,42-,43-,44+,45+,46+,47-,48+,49+,50+,51+,52+/m1/s1. The Morgan fingerprint density at radius 3 is 0.914 bits per heavy atom. The molecular formula is C52H87N5O36. The number of amides is 5. The van der Waals surface area contributed by atoms with E-state index < -0.39 is 290 Å². The summed E-state index contributed by atoms with van der Waals surface area (Å²) in [5.74, 6) is -4.06. The van der Waals surface area contributed by atoms with Crippen LogP contribution in [0.3, 0.4) is 0 Å². The summed E-state index contributed by atoms with van der Waals surface area (Å²) in [6.45, 7) is -1.71.